The lowest BCUT2D eigenvalue weighted by atomic mass is 10.2. The van der Waals surface area contributed by atoms with E-state index >= 15 is 0 Å². The van der Waals surface area contributed by atoms with Crippen LogP contribution in [0.1, 0.15) is 12.8 Å². The summed E-state index contributed by atoms with van der Waals surface area (Å²) in [6.07, 6.45) is 2.04. The fraction of sp³-hybridized carbons (Fsp3) is 0.417. The number of para-hydroxylation sites is 2. The number of nitrogens with one attached hydrogen (secondary N) is 1. The van der Waals surface area contributed by atoms with E-state index in [4.69, 9.17) is 4.42 Å². The van der Waals surface area contributed by atoms with Crippen LogP contribution in [0.2, 0.25) is 0 Å². The van der Waals surface area contributed by atoms with Gasteiger partial charge in [0.05, 0.1) is 5.25 Å². The quantitative estimate of drug-likeness (QED) is 0.881. The van der Waals surface area contributed by atoms with Crippen LogP contribution in [0.3, 0.4) is 0 Å². The van der Waals surface area contributed by atoms with Gasteiger partial charge in [-0.25, -0.2) is 9.19 Å². The molecule has 1 aliphatic rings. The molecule has 0 unspecified atom stereocenters. The van der Waals surface area contributed by atoms with Crippen molar-refractivity contribution < 1.29 is 8.63 Å². The highest BCUT2D eigenvalue weighted by Gasteiger charge is 2.24. The molecule has 0 saturated carbocycles. The zero-order valence-corrected chi connectivity index (χ0v) is 10.2. The first-order valence-corrected chi connectivity index (χ1v) is 7.03. The van der Waals surface area contributed by atoms with Crippen LogP contribution >= 0.6 is 0 Å². The Morgan fingerprint density at radius 1 is 1.41 bits per heavy atom. The molecule has 1 aliphatic heterocycles. The molecule has 1 N–H and O–H groups in total. The van der Waals surface area contributed by atoms with Gasteiger partial charge in [0.25, 0.3) is 5.22 Å². The molecular weight excluding hydrogens is 236 g/mol. The highest BCUT2D eigenvalue weighted by atomic mass is 32.2. The summed E-state index contributed by atoms with van der Waals surface area (Å²) >= 11 is 0. The first-order valence-electron chi connectivity index (χ1n) is 5.81. The Hall–Kier alpha value is -1.20. The van der Waals surface area contributed by atoms with Gasteiger partial charge in [-0.15, -0.1) is 0 Å². The Morgan fingerprint density at radius 2 is 2.29 bits per heavy atom. The number of aromatic nitrogens is 1. The third kappa shape index (κ3) is 2.12. The molecule has 4 nitrogen and oxygen atoms in total. The van der Waals surface area contributed by atoms with Gasteiger partial charge in [-0.1, -0.05) is 12.1 Å². The van der Waals surface area contributed by atoms with Crippen LogP contribution in [0.5, 0.6) is 0 Å². The van der Waals surface area contributed by atoms with Crippen LogP contribution in [0, 0.1) is 0 Å². The zero-order chi connectivity index (χ0) is 11.7. The summed E-state index contributed by atoms with van der Waals surface area (Å²) in [5.41, 5.74) is 1.49. The van der Waals surface area contributed by atoms with Crippen LogP contribution in [0.4, 0.5) is 0 Å². The zero-order valence-electron chi connectivity index (χ0n) is 9.39. The molecule has 1 aromatic heterocycles. The molecule has 2 aromatic rings. The summed E-state index contributed by atoms with van der Waals surface area (Å²) in [6, 6.07) is 7.52. The van der Waals surface area contributed by atoms with Gasteiger partial charge in [-0.3, -0.25) is 0 Å². The lowest BCUT2D eigenvalue weighted by Crippen LogP contribution is -2.36. The SMILES string of the molecule is O=[S@](c1nc2ccccc2o1)[C@@H]1CCCNC1. The minimum Gasteiger partial charge on any atom is -0.430 e. The monoisotopic (exact) mass is 250 g/mol. The molecule has 0 spiro atoms. The van der Waals surface area contributed by atoms with E-state index in [-0.39, 0.29) is 5.25 Å². The van der Waals surface area contributed by atoms with E-state index in [0.717, 1.165) is 31.4 Å². The molecule has 0 radical (unpaired) electrons. The van der Waals surface area contributed by atoms with Gasteiger partial charge >= 0.3 is 0 Å². The highest BCUT2D eigenvalue weighted by molar-refractivity contribution is 7.85. The Bertz CT molecular complexity index is 513. The van der Waals surface area contributed by atoms with E-state index in [0.29, 0.717) is 10.8 Å². The molecule has 0 bridgehead atoms. The van der Waals surface area contributed by atoms with E-state index in [1.807, 2.05) is 24.3 Å². The summed E-state index contributed by atoms with van der Waals surface area (Å²) in [5, 5.41) is 3.74. The molecule has 0 aliphatic carbocycles. The molecule has 2 heterocycles. The number of hydrogen-bond donors (Lipinski definition) is 1. The minimum atomic E-state index is -1.14. The van der Waals surface area contributed by atoms with Crippen molar-refractivity contribution in [3.05, 3.63) is 24.3 Å². The van der Waals surface area contributed by atoms with Gasteiger partial charge < -0.3 is 9.73 Å². The van der Waals surface area contributed by atoms with Gasteiger partial charge in [0.1, 0.15) is 16.3 Å². The van der Waals surface area contributed by atoms with E-state index in [9.17, 15) is 4.21 Å². The van der Waals surface area contributed by atoms with Gasteiger partial charge in [0, 0.05) is 6.54 Å². The number of rotatable bonds is 2. The number of oxazole rings is 1. The maximum atomic E-state index is 12.3. The fourth-order valence-corrected chi connectivity index (χ4v) is 3.38. The van der Waals surface area contributed by atoms with Crippen LogP contribution in [0.25, 0.3) is 11.1 Å². The van der Waals surface area contributed by atoms with Crippen molar-refractivity contribution in [3.8, 4) is 0 Å². The van der Waals surface area contributed by atoms with E-state index in [1.54, 1.807) is 0 Å². The number of hydrogen-bond acceptors (Lipinski definition) is 4. The number of fused-ring (bicyclic) bond motifs is 1. The maximum absolute atomic E-state index is 12.3. The Labute approximate surface area is 102 Å². The van der Waals surface area contributed by atoms with Gasteiger partial charge in [-0.2, -0.15) is 0 Å². The first-order chi connectivity index (χ1) is 8.34. The predicted molar refractivity (Wildman–Crippen MR) is 66.3 cm³/mol. The van der Waals surface area contributed by atoms with Gasteiger partial charge in [-0.05, 0) is 31.5 Å². The molecule has 5 heteroatoms. The molecule has 90 valence electrons. The van der Waals surface area contributed by atoms with Crippen LogP contribution < -0.4 is 5.32 Å². The maximum Gasteiger partial charge on any atom is 0.288 e. The summed E-state index contributed by atoms with van der Waals surface area (Å²) in [7, 11) is -1.14. The molecular formula is C12H14N2O2S. The molecule has 1 fully saturated rings. The average molecular weight is 250 g/mol. The van der Waals surface area contributed by atoms with Crippen molar-refractivity contribution in [2.24, 2.45) is 0 Å². The minimum absolute atomic E-state index is 0.122. The van der Waals surface area contributed by atoms with Crippen molar-refractivity contribution in [1.29, 1.82) is 0 Å². The van der Waals surface area contributed by atoms with E-state index < -0.39 is 10.8 Å². The lowest BCUT2D eigenvalue weighted by Gasteiger charge is -2.20. The second kappa shape index (κ2) is 4.58. The molecule has 17 heavy (non-hydrogen) atoms. The van der Waals surface area contributed by atoms with Crippen molar-refractivity contribution >= 4 is 21.9 Å². The third-order valence-corrected chi connectivity index (χ3v) is 4.53. The Morgan fingerprint density at radius 3 is 3.06 bits per heavy atom. The molecule has 1 aromatic carbocycles. The highest BCUT2D eigenvalue weighted by Crippen LogP contribution is 2.21. The normalized spacial score (nSPS) is 22.7. The van der Waals surface area contributed by atoms with Crippen LogP contribution in [-0.2, 0) is 10.8 Å². The number of piperidine rings is 1. The number of nitrogens with zero attached hydrogens (tertiary/aromatic N) is 1. The van der Waals surface area contributed by atoms with Gasteiger partial charge in [0.2, 0.25) is 0 Å². The van der Waals surface area contributed by atoms with E-state index in [2.05, 4.69) is 10.3 Å². The predicted octanol–water partition coefficient (Wildman–Crippen LogP) is 1.69. The smallest absolute Gasteiger partial charge is 0.288 e. The number of benzene rings is 1. The molecule has 1 saturated heterocycles. The topological polar surface area (TPSA) is 55.1 Å². The second-order valence-corrected chi connectivity index (χ2v) is 5.82. The lowest BCUT2D eigenvalue weighted by molar-refractivity contribution is 0.463. The van der Waals surface area contributed by atoms with E-state index in [1.165, 1.54) is 0 Å². The third-order valence-electron chi connectivity index (χ3n) is 3.00. The molecule has 2 atom stereocenters. The Balaban J connectivity index is 1.89. The van der Waals surface area contributed by atoms with Gasteiger partial charge in [0.15, 0.2) is 5.58 Å². The van der Waals surface area contributed by atoms with Crippen molar-refractivity contribution in [2.75, 3.05) is 13.1 Å². The van der Waals surface area contributed by atoms with Crippen molar-refractivity contribution in [3.63, 3.8) is 0 Å². The summed E-state index contributed by atoms with van der Waals surface area (Å²) < 4.78 is 17.8. The summed E-state index contributed by atoms with van der Waals surface area (Å²) in [4.78, 5) is 4.29. The fourth-order valence-electron chi connectivity index (χ4n) is 2.08. The largest absolute Gasteiger partial charge is 0.430 e. The molecule has 0 amide bonds. The standard InChI is InChI=1S/C12H14N2O2S/c15-17(9-4-3-7-13-8-9)12-14-10-5-1-2-6-11(10)16-12/h1-2,5-6,9,13H,3-4,7-8H2/t9-,17+/m1/s1. The van der Waals surface area contributed by atoms with Crippen LogP contribution in [0.15, 0.2) is 33.9 Å². The molecule has 3 rings (SSSR count). The second-order valence-electron chi connectivity index (χ2n) is 4.21. The summed E-state index contributed by atoms with van der Waals surface area (Å²) in [6.45, 7) is 1.80. The summed E-state index contributed by atoms with van der Waals surface area (Å²) in [5.74, 6) is 0. The average Bonchev–Trinajstić information content (AvgIpc) is 2.82. The van der Waals surface area contributed by atoms with Crippen molar-refractivity contribution in [2.45, 2.75) is 23.3 Å². The van der Waals surface area contributed by atoms with Crippen molar-refractivity contribution in [1.82, 2.24) is 10.3 Å². The first kappa shape index (κ1) is 10.9. The Kier molecular flexibility index (Phi) is 2.94. The van der Waals surface area contributed by atoms with Crippen LogP contribution in [-0.4, -0.2) is 27.5 Å².